The van der Waals surface area contributed by atoms with E-state index in [9.17, 15) is 0 Å². The van der Waals surface area contributed by atoms with Crippen molar-refractivity contribution in [3.63, 3.8) is 0 Å². The van der Waals surface area contributed by atoms with Gasteiger partial charge in [0.1, 0.15) is 0 Å². The summed E-state index contributed by atoms with van der Waals surface area (Å²) in [6, 6.07) is 0. The van der Waals surface area contributed by atoms with Gasteiger partial charge in [0.25, 0.3) is 0 Å². The molecule has 2 aliphatic heterocycles. The molecule has 3 atom stereocenters. The van der Waals surface area contributed by atoms with Crippen molar-refractivity contribution in [2.45, 2.75) is 51.2 Å². The molecule has 0 N–H and O–H groups in total. The summed E-state index contributed by atoms with van der Waals surface area (Å²) in [5.74, 6) is 0. The van der Waals surface area contributed by atoms with Crippen molar-refractivity contribution in [1.82, 2.24) is 0 Å². The summed E-state index contributed by atoms with van der Waals surface area (Å²) >= 11 is 3.65. The fourth-order valence-electron chi connectivity index (χ4n) is 2.75. The first-order valence-corrected chi connectivity index (χ1v) is 7.15. The van der Waals surface area contributed by atoms with E-state index in [-0.39, 0.29) is 0 Å². The average molecular weight is 277 g/mol. The van der Waals surface area contributed by atoms with Crippen LogP contribution in [0.15, 0.2) is 0 Å². The number of ether oxygens (including phenoxy) is 2. The third-order valence-electron chi connectivity index (χ3n) is 3.67. The zero-order valence-corrected chi connectivity index (χ0v) is 11.1. The van der Waals surface area contributed by atoms with E-state index in [0.717, 1.165) is 18.5 Å². The third-order valence-corrected chi connectivity index (χ3v) is 4.86. The zero-order valence-electron chi connectivity index (χ0n) is 9.51. The van der Waals surface area contributed by atoms with Gasteiger partial charge in [-0.1, -0.05) is 15.9 Å². The van der Waals surface area contributed by atoms with Gasteiger partial charge in [-0.15, -0.1) is 0 Å². The molecule has 15 heavy (non-hydrogen) atoms. The maximum Gasteiger partial charge on any atom is 0.0586 e. The highest BCUT2D eigenvalue weighted by atomic mass is 79.9. The summed E-state index contributed by atoms with van der Waals surface area (Å²) in [4.78, 5) is 0. The molecule has 3 unspecified atom stereocenters. The summed E-state index contributed by atoms with van der Waals surface area (Å²) in [6.07, 6.45) is 7.05. The van der Waals surface area contributed by atoms with Crippen molar-refractivity contribution < 1.29 is 9.47 Å². The summed E-state index contributed by atoms with van der Waals surface area (Å²) in [7, 11) is 0. The van der Waals surface area contributed by atoms with Crippen LogP contribution in [-0.2, 0) is 9.47 Å². The van der Waals surface area contributed by atoms with E-state index < -0.39 is 0 Å². The van der Waals surface area contributed by atoms with E-state index in [1.165, 1.54) is 32.1 Å². The standard InChI is InChI=1S/C12H21BrO2/c1-10-3-4-11(15-10)7-12(8-13)5-2-6-14-9-12/h10-11H,2-9H2,1H3. The Hall–Kier alpha value is 0.400. The summed E-state index contributed by atoms with van der Waals surface area (Å²) in [5.41, 5.74) is 0.340. The van der Waals surface area contributed by atoms with E-state index in [4.69, 9.17) is 9.47 Å². The first-order chi connectivity index (χ1) is 7.24. The molecule has 88 valence electrons. The lowest BCUT2D eigenvalue weighted by Gasteiger charge is -2.37. The molecule has 0 aromatic carbocycles. The number of hydrogen-bond donors (Lipinski definition) is 0. The Morgan fingerprint density at radius 3 is 2.80 bits per heavy atom. The zero-order chi connectivity index (χ0) is 10.7. The Balaban J connectivity index is 1.89. The molecule has 0 aromatic rings. The summed E-state index contributed by atoms with van der Waals surface area (Å²) < 4.78 is 11.5. The van der Waals surface area contributed by atoms with Crippen LogP contribution in [-0.4, -0.2) is 30.8 Å². The fourth-order valence-corrected chi connectivity index (χ4v) is 3.42. The van der Waals surface area contributed by atoms with Crippen LogP contribution in [0.25, 0.3) is 0 Å². The Morgan fingerprint density at radius 2 is 2.27 bits per heavy atom. The van der Waals surface area contributed by atoms with Crippen molar-refractivity contribution in [1.29, 1.82) is 0 Å². The van der Waals surface area contributed by atoms with Gasteiger partial charge in [-0.2, -0.15) is 0 Å². The van der Waals surface area contributed by atoms with Crippen LogP contribution >= 0.6 is 15.9 Å². The maximum absolute atomic E-state index is 5.91. The van der Waals surface area contributed by atoms with Crippen LogP contribution in [0.4, 0.5) is 0 Å². The topological polar surface area (TPSA) is 18.5 Å². The molecule has 0 spiro atoms. The highest BCUT2D eigenvalue weighted by Gasteiger charge is 2.36. The second-order valence-corrected chi connectivity index (χ2v) is 5.70. The van der Waals surface area contributed by atoms with Crippen LogP contribution < -0.4 is 0 Å². The quantitative estimate of drug-likeness (QED) is 0.738. The predicted octanol–water partition coefficient (Wildman–Crippen LogP) is 3.14. The molecule has 0 saturated carbocycles. The Bertz CT molecular complexity index is 202. The first kappa shape index (κ1) is 11.9. The second kappa shape index (κ2) is 5.15. The highest BCUT2D eigenvalue weighted by molar-refractivity contribution is 9.09. The normalized spacial score (nSPS) is 42.0. The van der Waals surface area contributed by atoms with E-state index in [0.29, 0.717) is 17.6 Å². The fraction of sp³-hybridized carbons (Fsp3) is 1.00. The van der Waals surface area contributed by atoms with Gasteiger partial charge in [-0.3, -0.25) is 0 Å². The predicted molar refractivity (Wildman–Crippen MR) is 64.5 cm³/mol. The van der Waals surface area contributed by atoms with E-state index >= 15 is 0 Å². The van der Waals surface area contributed by atoms with Crippen molar-refractivity contribution in [2.24, 2.45) is 5.41 Å². The minimum absolute atomic E-state index is 0.340. The minimum Gasteiger partial charge on any atom is -0.381 e. The number of halogens is 1. The van der Waals surface area contributed by atoms with Gasteiger partial charge in [0.05, 0.1) is 18.8 Å². The molecule has 2 nitrogen and oxygen atoms in total. The molecule has 2 saturated heterocycles. The van der Waals surface area contributed by atoms with E-state index in [2.05, 4.69) is 22.9 Å². The van der Waals surface area contributed by atoms with Crippen LogP contribution in [0, 0.1) is 5.41 Å². The molecule has 2 rings (SSSR count). The van der Waals surface area contributed by atoms with Gasteiger partial charge >= 0.3 is 0 Å². The molecule has 0 amide bonds. The van der Waals surface area contributed by atoms with E-state index in [1.807, 2.05) is 0 Å². The smallest absolute Gasteiger partial charge is 0.0586 e. The lowest BCUT2D eigenvalue weighted by molar-refractivity contribution is -0.0366. The third kappa shape index (κ3) is 2.95. The molecule has 0 radical (unpaired) electrons. The SMILES string of the molecule is CC1CCC(CC2(CBr)CCCOC2)O1. The van der Waals surface area contributed by atoms with Crippen LogP contribution in [0.2, 0.25) is 0 Å². The summed E-state index contributed by atoms with van der Waals surface area (Å²) in [5, 5.41) is 1.05. The first-order valence-electron chi connectivity index (χ1n) is 6.03. The van der Waals surface area contributed by atoms with Crippen LogP contribution in [0.3, 0.4) is 0 Å². The molecule has 2 aliphatic rings. The number of rotatable bonds is 3. The molecule has 0 aliphatic carbocycles. The van der Waals surface area contributed by atoms with Gasteiger partial charge in [0.15, 0.2) is 0 Å². The summed E-state index contributed by atoms with van der Waals surface area (Å²) in [6.45, 7) is 4.03. The Labute approximate surface area is 101 Å². The molecule has 0 aromatic heterocycles. The van der Waals surface area contributed by atoms with Crippen LogP contribution in [0.5, 0.6) is 0 Å². The van der Waals surface area contributed by atoms with Crippen molar-refractivity contribution in [3.8, 4) is 0 Å². The van der Waals surface area contributed by atoms with Crippen LogP contribution in [0.1, 0.15) is 39.0 Å². The van der Waals surface area contributed by atoms with Crippen molar-refractivity contribution in [3.05, 3.63) is 0 Å². The monoisotopic (exact) mass is 276 g/mol. The van der Waals surface area contributed by atoms with Gasteiger partial charge in [0, 0.05) is 17.4 Å². The number of hydrogen-bond acceptors (Lipinski definition) is 2. The number of alkyl halides is 1. The molecule has 2 heterocycles. The largest absolute Gasteiger partial charge is 0.381 e. The molecule has 2 fully saturated rings. The van der Waals surface area contributed by atoms with Gasteiger partial charge in [0.2, 0.25) is 0 Å². The maximum atomic E-state index is 5.91. The van der Waals surface area contributed by atoms with Gasteiger partial charge in [-0.25, -0.2) is 0 Å². The minimum atomic E-state index is 0.340. The molecular weight excluding hydrogens is 256 g/mol. The lowest BCUT2D eigenvalue weighted by atomic mass is 9.79. The van der Waals surface area contributed by atoms with E-state index in [1.54, 1.807) is 0 Å². The Morgan fingerprint density at radius 1 is 1.40 bits per heavy atom. The molecule has 3 heteroatoms. The lowest BCUT2D eigenvalue weighted by Crippen LogP contribution is -2.36. The Kier molecular flexibility index (Phi) is 4.08. The highest BCUT2D eigenvalue weighted by Crippen LogP contribution is 2.38. The van der Waals surface area contributed by atoms with Gasteiger partial charge < -0.3 is 9.47 Å². The van der Waals surface area contributed by atoms with Crippen molar-refractivity contribution in [2.75, 3.05) is 18.5 Å². The van der Waals surface area contributed by atoms with Gasteiger partial charge in [-0.05, 0) is 39.0 Å². The van der Waals surface area contributed by atoms with Crippen molar-refractivity contribution >= 4 is 15.9 Å². The molecular formula is C12H21BrO2. The second-order valence-electron chi connectivity index (χ2n) is 5.14. The average Bonchev–Trinajstić information content (AvgIpc) is 2.65. The molecule has 0 bridgehead atoms.